The van der Waals surface area contributed by atoms with Crippen molar-refractivity contribution in [3.05, 3.63) is 65.7 Å². The second-order valence-electron chi connectivity index (χ2n) is 9.30. The predicted octanol–water partition coefficient (Wildman–Crippen LogP) is 6.20. The van der Waals surface area contributed by atoms with Gasteiger partial charge in [-0.25, -0.2) is 0 Å². The normalized spacial score (nSPS) is 19.2. The number of fused-ring (bicyclic) bond motifs is 5. The number of anilines is 1. The number of nitrogens with zero attached hydrogens (tertiary/aromatic N) is 1. The number of unbranched alkanes of at least 4 members (excludes halogenated alkanes) is 2. The summed E-state index contributed by atoms with van der Waals surface area (Å²) in [5.74, 6) is 1.02. The molecular weight excluding hydrogens is 487 g/mol. The largest absolute Gasteiger partial charge is 0.573 e. The molecule has 0 aromatic heterocycles. The Labute approximate surface area is 211 Å². The van der Waals surface area contributed by atoms with Crippen LogP contribution in [0, 0.1) is 0 Å². The topological polar surface area (TPSA) is 57.2 Å². The van der Waals surface area contributed by atoms with E-state index in [1.165, 1.54) is 12.1 Å². The maximum atomic E-state index is 14.3. The minimum atomic E-state index is -4.87. The molecule has 9 heteroatoms. The standard InChI is InChI=1S/C28H24F3NO5/c1-2-3-6-12-32-20-10-7-9-18(17-8-4-5-11-21(17)37-28(29,30)31)25(20)27(26(32)33)15-34-22-14-24-23(13-19(22)27)35-16-36-24/h4-5,7-11,13-14H,2-3,6,12,15-16H2,1H3. The van der Waals surface area contributed by atoms with Crippen LogP contribution < -0.4 is 23.8 Å². The highest BCUT2D eigenvalue weighted by atomic mass is 19.4. The van der Waals surface area contributed by atoms with Gasteiger partial charge in [-0.2, -0.15) is 0 Å². The van der Waals surface area contributed by atoms with Crippen molar-refractivity contribution in [1.82, 2.24) is 0 Å². The van der Waals surface area contributed by atoms with Gasteiger partial charge in [-0.3, -0.25) is 4.79 Å². The minimum absolute atomic E-state index is 0.0145. The summed E-state index contributed by atoms with van der Waals surface area (Å²) in [7, 11) is 0. The first-order valence-corrected chi connectivity index (χ1v) is 12.2. The van der Waals surface area contributed by atoms with Gasteiger partial charge in [0.2, 0.25) is 12.7 Å². The molecule has 1 amide bonds. The van der Waals surface area contributed by atoms with Crippen molar-refractivity contribution in [3.63, 3.8) is 0 Å². The molecule has 1 atom stereocenters. The van der Waals surface area contributed by atoms with Crippen LogP contribution >= 0.6 is 0 Å². The molecule has 3 aromatic rings. The van der Waals surface area contributed by atoms with E-state index in [9.17, 15) is 18.0 Å². The molecular formula is C28H24F3NO5. The number of ether oxygens (including phenoxy) is 4. The fourth-order valence-corrected chi connectivity index (χ4v) is 5.55. The van der Waals surface area contributed by atoms with Gasteiger partial charge in [0.05, 0.1) is 0 Å². The van der Waals surface area contributed by atoms with Crippen LogP contribution in [-0.2, 0) is 10.2 Å². The van der Waals surface area contributed by atoms with E-state index < -0.39 is 11.8 Å². The Hall–Kier alpha value is -3.88. The first-order chi connectivity index (χ1) is 17.8. The van der Waals surface area contributed by atoms with Crippen molar-refractivity contribution in [2.45, 2.75) is 38.0 Å². The molecule has 0 aliphatic carbocycles. The number of alkyl halides is 3. The van der Waals surface area contributed by atoms with Crippen molar-refractivity contribution in [3.8, 4) is 34.1 Å². The fraction of sp³-hybridized carbons (Fsp3) is 0.321. The van der Waals surface area contributed by atoms with Gasteiger partial charge in [-0.1, -0.05) is 50.1 Å². The SMILES string of the molecule is CCCCCN1C(=O)C2(COc3cc4c(cc32)OCO4)c2c(-c3ccccc3OC(F)(F)F)cccc21. The summed E-state index contributed by atoms with van der Waals surface area (Å²) in [5, 5.41) is 0. The van der Waals surface area contributed by atoms with Crippen molar-refractivity contribution >= 4 is 11.6 Å². The minimum Gasteiger partial charge on any atom is -0.491 e. The summed E-state index contributed by atoms with van der Waals surface area (Å²) in [6, 6.07) is 14.8. The molecule has 3 heterocycles. The fourth-order valence-electron chi connectivity index (χ4n) is 5.55. The zero-order valence-electron chi connectivity index (χ0n) is 20.1. The van der Waals surface area contributed by atoms with Gasteiger partial charge >= 0.3 is 6.36 Å². The number of rotatable bonds is 6. The Kier molecular flexibility index (Phi) is 5.47. The zero-order valence-corrected chi connectivity index (χ0v) is 20.1. The molecule has 3 aromatic carbocycles. The van der Waals surface area contributed by atoms with Gasteiger partial charge in [-0.05, 0) is 30.2 Å². The monoisotopic (exact) mass is 511 g/mol. The number of benzene rings is 3. The van der Waals surface area contributed by atoms with E-state index in [-0.39, 0.29) is 30.6 Å². The second-order valence-corrected chi connectivity index (χ2v) is 9.30. The number of halogens is 3. The lowest BCUT2D eigenvalue weighted by atomic mass is 9.74. The molecule has 0 saturated carbocycles. The van der Waals surface area contributed by atoms with E-state index in [0.29, 0.717) is 46.2 Å². The number of hydrogen-bond acceptors (Lipinski definition) is 5. The Balaban J connectivity index is 1.58. The van der Waals surface area contributed by atoms with Crippen LogP contribution in [0.25, 0.3) is 11.1 Å². The molecule has 3 aliphatic heterocycles. The molecule has 37 heavy (non-hydrogen) atoms. The predicted molar refractivity (Wildman–Crippen MR) is 129 cm³/mol. The summed E-state index contributed by atoms with van der Waals surface area (Å²) in [6.45, 7) is 2.65. The van der Waals surface area contributed by atoms with Crippen LogP contribution in [0.4, 0.5) is 18.9 Å². The number of hydrogen-bond donors (Lipinski definition) is 0. The third kappa shape index (κ3) is 3.67. The number of para-hydroxylation sites is 1. The number of amides is 1. The van der Waals surface area contributed by atoms with Crippen LogP contribution in [0.5, 0.6) is 23.0 Å². The summed E-state index contributed by atoms with van der Waals surface area (Å²) in [5.41, 5.74) is 1.36. The highest BCUT2D eigenvalue weighted by molar-refractivity contribution is 6.13. The Morgan fingerprint density at radius 1 is 0.946 bits per heavy atom. The van der Waals surface area contributed by atoms with Crippen molar-refractivity contribution in [2.24, 2.45) is 0 Å². The quantitative estimate of drug-likeness (QED) is 0.369. The number of carbonyl (C=O) groups is 1. The third-order valence-corrected chi connectivity index (χ3v) is 7.14. The molecule has 3 aliphatic rings. The van der Waals surface area contributed by atoms with Crippen molar-refractivity contribution < 1.29 is 36.9 Å². The van der Waals surface area contributed by atoms with Gasteiger partial charge in [0.1, 0.15) is 23.5 Å². The second kappa shape index (κ2) is 8.61. The van der Waals surface area contributed by atoms with Gasteiger partial charge < -0.3 is 23.8 Å². The van der Waals surface area contributed by atoms with E-state index in [0.717, 1.165) is 19.3 Å². The zero-order chi connectivity index (χ0) is 25.8. The molecule has 192 valence electrons. The first-order valence-electron chi connectivity index (χ1n) is 12.2. The van der Waals surface area contributed by atoms with Crippen LogP contribution in [0.1, 0.15) is 37.3 Å². The lowest BCUT2D eigenvalue weighted by Crippen LogP contribution is -2.43. The van der Waals surface area contributed by atoms with Crippen molar-refractivity contribution in [2.75, 3.05) is 24.8 Å². The molecule has 0 N–H and O–H groups in total. The van der Waals surface area contributed by atoms with E-state index in [1.807, 2.05) is 6.07 Å². The van der Waals surface area contributed by atoms with E-state index in [4.69, 9.17) is 14.2 Å². The van der Waals surface area contributed by atoms with E-state index >= 15 is 0 Å². The van der Waals surface area contributed by atoms with Crippen LogP contribution in [0.3, 0.4) is 0 Å². The maximum Gasteiger partial charge on any atom is 0.573 e. The third-order valence-electron chi connectivity index (χ3n) is 7.14. The summed E-state index contributed by atoms with van der Waals surface area (Å²) in [6.07, 6.45) is -2.14. The maximum absolute atomic E-state index is 14.3. The molecule has 1 spiro atoms. The average molecular weight is 511 g/mol. The van der Waals surface area contributed by atoms with Gasteiger partial charge in [0, 0.05) is 35.0 Å². The Bertz CT molecular complexity index is 1390. The highest BCUT2D eigenvalue weighted by Crippen LogP contribution is 2.58. The molecule has 0 bridgehead atoms. The molecule has 0 fully saturated rings. The van der Waals surface area contributed by atoms with Crippen LogP contribution in [0.15, 0.2) is 54.6 Å². The summed E-state index contributed by atoms with van der Waals surface area (Å²) in [4.78, 5) is 16.0. The van der Waals surface area contributed by atoms with Gasteiger partial charge in [0.25, 0.3) is 0 Å². The average Bonchev–Trinajstić information content (AvgIpc) is 3.54. The number of carbonyl (C=O) groups excluding carboxylic acids is 1. The first kappa shape index (κ1) is 23.5. The van der Waals surface area contributed by atoms with Gasteiger partial charge in [-0.15, -0.1) is 13.2 Å². The highest BCUT2D eigenvalue weighted by Gasteiger charge is 2.58. The Morgan fingerprint density at radius 3 is 2.49 bits per heavy atom. The van der Waals surface area contributed by atoms with Crippen LogP contribution in [0.2, 0.25) is 0 Å². The molecule has 6 rings (SSSR count). The van der Waals surface area contributed by atoms with E-state index in [2.05, 4.69) is 11.7 Å². The van der Waals surface area contributed by atoms with Crippen molar-refractivity contribution in [1.29, 1.82) is 0 Å². The van der Waals surface area contributed by atoms with E-state index in [1.54, 1.807) is 41.3 Å². The summed E-state index contributed by atoms with van der Waals surface area (Å²) >= 11 is 0. The molecule has 0 radical (unpaired) electrons. The smallest absolute Gasteiger partial charge is 0.491 e. The molecule has 6 nitrogen and oxygen atoms in total. The molecule has 1 unspecified atom stereocenters. The lowest BCUT2D eigenvalue weighted by molar-refractivity contribution is -0.274. The Morgan fingerprint density at radius 2 is 1.70 bits per heavy atom. The summed E-state index contributed by atoms with van der Waals surface area (Å²) < 4.78 is 61.4. The lowest BCUT2D eigenvalue weighted by Gasteiger charge is -2.25. The molecule has 0 saturated heterocycles. The van der Waals surface area contributed by atoms with Crippen LogP contribution in [-0.4, -0.2) is 32.2 Å². The van der Waals surface area contributed by atoms with Gasteiger partial charge in [0.15, 0.2) is 11.5 Å².